The Morgan fingerprint density at radius 3 is 1.97 bits per heavy atom. The number of benzene rings is 7. The van der Waals surface area contributed by atoms with Crippen LogP contribution >= 0.6 is 0 Å². The van der Waals surface area contributed by atoms with Crippen molar-refractivity contribution in [3.05, 3.63) is 126 Å². The molecule has 7 aromatic carbocycles. The highest BCUT2D eigenvalue weighted by atomic mass is 14.2. The molecule has 1 heteroatoms. The quantitative estimate of drug-likeness (QED) is 0.175. The fourth-order valence-corrected chi connectivity index (χ4v) is 7.39. The SMILES string of the molecule is Cc1cc(C)c(-c2ccc3cc4c5c(ccc6ccc2c3c65)-c2ccccc2B4c2ccccc2)c(C)c1. The maximum absolute atomic E-state index is 2.49. The minimum atomic E-state index is 0.218. The molecule has 1 aliphatic rings. The molecule has 0 atom stereocenters. The monoisotopic (exact) mass is 482 g/mol. The number of hydrogen-bond donors (Lipinski definition) is 0. The Labute approximate surface area is 224 Å². The van der Waals surface area contributed by atoms with E-state index in [4.69, 9.17) is 0 Å². The zero-order chi connectivity index (χ0) is 25.5. The van der Waals surface area contributed by atoms with E-state index in [0.29, 0.717) is 0 Å². The van der Waals surface area contributed by atoms with Gasteiger partial charge in [0.2, 0.25) is 6.71 Å². The molecule has 0 saturated heterocycles. The van der Waals surface area contributed by atoms with Crippen molar-refractivity contribution in [2.75, 3.05) is 0 Å². The Kier molecular flexibility index (Phi) is 4.47. The highest BCUT2D eigenvalue weighted by Gasteiger charge is 2.33. The average molecular weight is 482 g/mol. The minimum absolute atomic E-state index is 0.218. The summed E-state index contributed by atoms with van der Waals surface area (Å²) in [6, 6.07) is 41.2. The van der Waals surface area contributed by atoms with Crippen molar-refractivity contribution in [1.29, 1.82) is 0 Å². The Morgan fingerprint density at radius 1 is 0.474 bits per heavy atom. The van der Waals surface area contributed by atoms with Gasteiger partial charge in [0.25, 0.3) is 0 Å². The third-order valence-electron chi connectivity index (χ3n) is 8.75. The molecule has 0 aliphatic carbocycles. The summed E-state index contributed by atoms with van der Waals surface area (Å²) in [5, 5.41) is 8.23. The van der Waals surface area contributed by atoms with Crippen LogP contribution in [0.4, 0.5) is 0 Å². The molecular weight excluding hydrogens is 455 g/mol. The molecule has 178 valence electrons. The third-order valence-corrected chi connectivity index (χ3v) is 8.75. The molecule has 38 heavy (non-hydrogen) atoms. The Bertz CT molecular complexity index is 2030. The van der Waals surface area contributed by atoms with Gasteiger partial charge < -0.3 is 0 Å². The largest absolute Gasteiger partial charge is 0.242 e. The van der Waals surface area contributed by atoms with Crippen LogP contribution in [0.5, 0.6) is 0 Å². The van der Waals surface area contributed by atoms with Gasteiger partial charge in [-0.25, -0.2) is 0 Å². The molecule has 0 amide bonds. The summed E-state index contributed by atoms with van der Waals surface area (Å²) in [7, 11) is 0. The van der Waals surface area contributed by atoms with Crippen LogP contribution < -0.4 is 16.4 Å². The van der Waals surface area contributed by atoms with Crippen LogP contribution in [0.2, 0.25) is 0 Å². The number of aryl methyl sites for hydroxylation is 3. The lowest BCUT2D eigenvalue weighted by molar-refractivity contribution is 1.32. The Hall–Kier alpha value is -4.36. The maximum Gasteiger partial charge on any atom is 0.242 e. The summed E-state index contributed by atoms with van der Waals surface area (Å²) in [6.07, 6.45) is 0. The van der Waals surface area contributed by atoms with Crippen molar-refractivity contribution in [2.24, 2.45) is 0 Å². The first-order chi connectivity index (χ1) is 18.6. The van der Waals surface area contributed by atoms with Crippen molar-refractivity contribution in [3.63, 3.8) is 0 Å². The molecule has 8 rings (SSSR count). The second-order valence-corrected chi connectivity index (χ2v) is 11.1. The van der Waals surface area contributed by atoms with Crippen LogP contribution in [0.15, 0.2) is 109 Å². The molecule has 0 N–H and O–H groups in total. The van der Waals surface area contributed by atoms with Gasteiger partial charge in [-0.1, -0.05) is 131 Å². The second kappa shape index (κ2) is 7.82. The van der Waals surface area contributed by atoms with Crippen LogP contribution in [0.3, 0.4) is 0 Å². The van der Waals surface area contributed by atoms with Gasteiger partial charge >= 0.3 is 0 Å². The minimum Gasteiger partial charge on any atom is -0.0686 e. The summed E-state index contributed by atoms with van der Waals surface area (Å²) in [5.41, 5.74) is 13.6. The fraction of sp³-hybridized carbons (Fsp3) is 0.0811. The number of rotatable bonds is 2. The average Bonchev–Trinajstić information content (AvgIpc) is 2.93. The van der Waals surface area contributed by atoms with E-state index in [2.05, 4.69) is 130 Å². The van der Waals surface area contributed by atoms with Crippen LogP contribution in [0, 0.1) is 20.8 Å². The number of fused-ring (bicyclic) bond motifs is 2. The first-order valence-electron chi connectivity index (χ1n) is 13.6. The van der Waals surface area contributed by atoms with E-state index in [-0.39, 0.29) is 6.71 Å². The standard InChI is InChI=1S/C37H27B/c1-22-19-23(2)34(24(3)20-22)30-18-15-26-21-33-37-29(16-13-25-14-17-31(30)35(26)36(25)37)28-11-7-8-12-32(28)38(33)27-9-5-4-6-10-27/h4-21H,1-3H3. The molecule has 0 fully saturated rings. The van der Waals surface area contributed by atoms with E-state index in [9.17, 15) is 0 Å². The van der Waals surface area contributed by atoms with E-state index < -0.39 is 0 Å². The summed E-state index contributed by atoms with van der Waals surface area (Å²) < 4.78 is 0. The van der Waals surface area contributed by atoms with Gasteiger partial charge in [-0.05, 0) is 86.5 Å². The van der Waals surface area contributed by atoms with E-state index in [1.807, 2.05) is 0 Å². The highest BCUT2D eigenvalue weighted by Crippen LogP contribution is 2.43. The summed E-state index contributed by atoms with van der Waals surface area (Å²) in [4.78, 5) is 0. The topological polar surface area (TPSA) is 0 Å². The van der Waals surface area contributed by atoms with Gasteiger partial charge in [0.05, 0.1) is 0 Å². The zero-order valence-corrected chi connectivity index (χ0v) is 22.0. The van der Waals surface area contributed by atoms with E-state index in [0.717, 1.165) is 0 Å². The summed E-state index contributed by atoms with van der Waals surface area (Å²) >= 11 is 0. The molecule has 0 bridgehead atoms. The molecule has 7 aromatic rings. The zero-order valence-electron chi connectivity index (χ0n) is 22.0. The van der Waals surface area contributed by atoms with E-state index in [1.165, 1.54) is 87.6 Å². The maximum atomic E-state index is 2.49. The van der Waals surface area contributed by atoms with Crippen molar-refractivity contribution in [2.45, 2.75) is 20.8 Å². The lowest BCUT2D eigenvalue weighted by Gasteiger charge is -2.29. The van der Waals surface area contributed by atoms with Crippen molar-refractivity contribution in [3.8, 4) is 22.3 Å². The normalized spacial score (nSPS) is 12.6. The molecule has 0 spiro atoms. The Morgan fingerprint density at radius 2 is 1.16 bits per heavy atom. The van der Waals surface area contributed by atoms with Crippen molar-refractivity contribution in [1.82, 2.24) is 0 Å². The molecule has 0 nitrogen and oxygen atoms in total. The van der Waals surface area contributed by atoms with Gasteiger partial charge in [-0.3, -0.25) is 0 Å². The van der Waals surface area contributed by atoms with Gasteiger partial charge in [0.15, 0.2) is 0 Å². The fourth-order valence-electron chi connectivity index (χ4n) is 7.39. The van der Waals surface area contributed by atoms with Gasteiger partial charge in [0.1, 0.15) is 0 Å². The lowest BCUT2D eigenvalue weighted by Crippen LogP contribution is -2.54. The first kappa shape index (κ1) is 21.7. The summed E-state index contributed by atoms with van der Waals surface area (Å²) in [6.45, 7) is 6.92. The molecule has 0 radical (unpaired) electrons. The summed E-state index contributed by atoms with van der Waals surface area (Å²) in [5.74, 6) is 0. The first-order valence-corrected chi connectivity index (χ1v) is 13.6. The van der Waals surface area contributed by atoms with Crippen LogP contribution in [-0.4, -0.2) is 6.71 Å². The predicted molar refractivity (Wildman–Crippen MR) is 166 cm³/mol. The molecule has 0 aromatic heterocycles. The predicted octanol–water partition coefficient (Wildman–Crippen LogP) is 7.67. The second-order valence-electron chi connectivity index (χ2n) is 11.1. The molecule has 0 saturated carbocycles. The third kappa shape index (κ3) is 2.88. The highest BCUT2D eigenvalue weighted by molar-refractivity contribution is 6.98. The smallest absolute Gasteiger partial charge is 0.0686 e. The molecular formula is C37H27B. The van der Waals surface area contributed by atoms with E-state index in [1.54, 1.807) is 0 Å². The molecule has 0 unspecified atom stereocenters. The lowest BCUT2D eigenvalue weighted by atomic mass is 9.33. The molecule has 1 aliphatic heterocycles. The molecule has 1 heterocycles. The Balaban J connectivity index is 1.54. The van der Waals surface area contributed by atoms with Crippen molar-refractivity contribution < 1.29 is 0 Å². The van der Waals surface area contributed by atoms with Gasteiger partial charge in [0, 0.05) is 0 Å². The van der Waals surface area contributed by atoms with Crippen molar-refractivity contribution >= 4 is 55.4 Å². The van der Waals surface area contributed by atoms with Crippen LogP contribution in [0.1, 0.15) is 16.7 Å². The van der Waals surface area contributed by atoms with Crippen LogP contribution in [-0.2, 0) is 0 Å². The van der Waals surface area contributed by atoms with E-state index >= 15 is 0 Å². The number of hydrogen-bond acceptors (Lipinski definition) is 0. The van der Waals surface area contributed by atoms with Gasteiger partial charge in [-0.15, -0.1) is 0 Å². The van der Waals surface area contributed by atoms with Gasteiger partial charge in [-0.2, -0.15) is 0 Å². The van der Waals surface area contributed by atoms with Crippen LogP contribution in [0.25, 0.3) is 54.6 Å².